The molecule has 0 unspecified atom stereocenters. The molecule has 0 bridgehead atoms. The molecular formula is C13H16F2N2O4. The van der Waals surface area contributed by atoms with Gasteiger partial charge in [0.15, 0.2) is 0 Å². The summed E-state index contributed by atoms with van der Waals surface area (Å²) < 4.78 is 31.5. The third kappa shape index (κ3) is 4.12. The lowest BCUT2D eigenvalue weighted by Gasteiger charge is -2.20. The van der Waals surface area contributed by atoms with Crippen molar-refractivity contribution in [3.05, 3.63) is 29.3 Å². The van der Waals surface area contributed by atoms with Gasteiger partial charge in [-0.1, -0.05) is 0 Å². The van der Waals surface area contributed by atoms with Gasteiger partial charge in [-0.3, -0.25) is 0 Å². The second kappa shape index (κ2) is 7.53. The standard InChI is InChI=1S/C13H16F2N2O4/c1-3-17(4-5-18)13(20)16-11-6-8(12(19)21-2)9(14)7-10(11)15/h6-7,18H,3-5H2,1-2H3,(H,16,20). The molecule has 1 aromatic rings. The Labute approximate surface area is 120 Å². The number of aliphatic hydroxyl groups is 1. The van der Waals surface area contributed by atoms with Crippen LogP contribution in [0.25, 0.3) is 0 Å². The largest absolute Gasteiger partial charge is 0.465 e. The minimum Gasteiger partial charge on any atom is -0.465 e. The van der Waals surface area contributed by atoms with Gasteiger partial charge in [-0.05, 0) is 13.0 Å². The van der Waals surface area contributed by atoms with E-state index in [0.717, 1.165) is 13.2 Å². The lowest BCUT2D eigenvalue weighted by Crippen LogP contribution is -2.37. The summed E-state index contributed by atoms with van der Waals surface area (Å²) in [6.07, 6.45) is 0. The number of methoxy groups -OCH3 is 1. The number of halogens is 2. The Balaban J connectivity index is 3.02. The number of amides is 2. The first-order chi connectivity index (χ1) is 9.94. The molecule has 6 nitrogen and oxygen atoms in total. The van der Waals surface area contributed by atoms with Gasteiger partial charge in [0.1, 0.15) is 11.6 Å². The van der Waals surface area contributed by atoms with E-state index in [1.807, 2.05) is 0 Å². The number of ether oxygens (including phenoxy) is 1. The number of benzene rings is 1. The molecule has 21 heavy (non-hydrogen) atoms. The zero-order chi connectivity index (χ0) is 16.0. The molecule has 0 aliphatic rings. The molecule has 0 aliphatic heterocycles. The van der Waals surface area contributed by atoms with Gasteiger partial charge in [0.05, 0.1) is 25.0 Å². The smallest absolute Gasteiger partial charge is 0.340 e. The number of likely N-dealkylation sites (N-methyl/N-ethyl adjacent to an activating group) is 1. The lowest BCUT2D eigenvalue weighted by atomic mass is 10.2. The van der Waals surface area contributed by atoms with Crippen LogP contribution in [0.1, 0.15) is 17.3 Å². The molecule has 0 saturated carbocycles. The van der Waals surface area contributed by atoms with Crippen molar-refractivity contribution in [2.45, 2.75) is 6.92 Å². The summed E-state index contributed by atoms with van der Waals surface area (Å²) in [6, 6.07) is 0.679. The van der Waals surface area contributed by atoms with Gasteiger partial charge in [-0.25, -0.2) is 18.4 Å². The molecular weight excluding hydrogens is 286 g/mol. The number of aliphatic hydroxyl groups excluding tert-OH is 1. The van der Waals surface area contributed by atoms with Crippen molar-refractivity contribution in [2.75, 3.05) is 32.1 Å². The van der Waals surface area contributed by atoms with Gasteiger partial charge >= 0.3 is 12.0 Å². The van der Waals surface area contributed by atoms with Crippen molar-refractivity contribution in [1.82, 2.24) is 4.90 Å². The van der Waals surface area contributed by atoms with Crippen molar-refractivity contribution in [2.24, 2.45) is 0 Å². The summed E-state index contributed by atoms with van der Waals surface area (Å²) in [6.45, 7) is 1.78. The van der Waals surface area contributed by atoms with Crippen LogP contribution in [0.2, 0.25) is 0 Å². The first kappa shape index (κ1) is 16.8. The van der Waals surface area contributed by atoms with Crippen LogP contribution in [0.3, 0.4) is 0 Å². The number of rotatable bonds is 5. The summed E-state index contributed by atoms with van der Waals surface area (Å²) in [4.78, 5) is 24.4. The third-order valence-electron chi connectivity index (χ3n) is 2.74. The fourth-order valence-corrected chi connectivity index (χ4v) is 1.63. The summed E-state index contributed by atoms with van der Waals surface area (Å²) in [7, 11) is 1.06. The molecule has 0 heterocycles. The molecule has 0 radical (unpaired) electrons. The molecule has 1 rings (SSSR count). The van der Waals surface area contributed by atoms with Gasteiger partial charge in [0.2, 0.25) is 0 Å². The van der Waals surface area contributed by atoms with Crippen LogP contribution in [-0.4, -0.2) is 48.8 Å². The van der Waals surface area contributed by atoms with Crippen LogP contribution in [-0.2, 0) is 4.74 Å². The Kier molecular flexibility index (Phi) is 6.04. The first-order valence-corrected chi connectivity index (χ1v) is 6.18. The highest BCUT2D eigenvalue weighted by Gasteiger charge is 2.19. The molecule has 2 N–H and O–H groups in total. The van der Waals surface area contributed by atoms with Gasteiger partial charge in [-0.2, -0.15) is 0 Å². The van der Waals surface area contributed by atoms with Crippen molar-refractivity contribution in [3.8, 4) is 0 Å². The van der Waals surface area contributed by atoms with Crippen LogP contribution in [0.15, 0.2) is 12.1 Å². The molecule has 0 spiro atoms. The lowest BCUT2D eigenvalue weighted by molar-refractivity contribution is 0.0595. The highest BCUT2D eigenvalue weighted by atomic mass is 19.1. The van der Waals surface area contributed by atoms with E-state index in [2.05, 4.69) is 10.1 Å². The van der Waals surface area contributed by atoms with E-state index in [1.54, 1.807) is 6.92 Å². The van der Waals surface area contributed by atoms with E-state index < -0.39 is 29.2 Å². The zero-order valence-corrected chi connectivity index (χ0v) is 11.7. The number of esters is 1. The molecule has 8 heteroatoms. The summed E-state index contributed by atoms with van der Waals surface area (Å²) in [5.74, 6) is -3.08. The number of carbonyl (C=O) groups is 2. The highest BCUT2D eigenvalue weighted by molar-refractivity contribution is 5.94. The maximum atomic E-state index is 13.6. The number of urea groups is 1. The van der Waals surface area contributed by atoms with E-state index in [1.165, 1.54) is 4.90 Å². The van der Waals surface area contributed by atoms with Crippen LogP contribution in [0.5, 0.6) is 0 Å². The van der Waals surface area contributed by atoms with Crippen molar-refractivity contribution in [3.63, 3.8) is 0 Å². The predicted molar refractivity (Wildman–Crippen MR) is 71.0 cm³/mol. The van der Waals surface area contributed by atoms with E-state index in [0.29, 0.717) is 12.6 Å². The molecule has 116 valence electrons. The molecule has 1 aromatic carbocycles. The topological polar surface area (TPSA) is 78.9 Å². The molecule has 2 amide bonds. The molecule has 0 saturated heterocycles. The minimum atomic E-state index is -1.08. The summed E-state index contributed by atoms with van der Waals surface area (Å²) in [5, 5.41) is 11.0. The SMILES string of the molecule is CCN(CCO)C(=O)Nc1cc(C(=O)OC)c(F)cc1F. The number of nitrogens with one attached hydrogen (secondary N) is 1. The Bertz CT molecular complexity index is 537. The van der Waals surface area contributed by atoms with Crippen LogP contribution in [0.4, 0.5) is 19.3 Å². The number of carbonyl (C=O) groups excluding carboxylic acids is 2. The molecule has 0 atom stereocenters. The summed E-state index contributed by atoms with van der Waals surface area (Å²) in [5.41, 5.74) is -0.836. The Hall–Kier alpha value is -2.22. The van der Waals surface area contributed by atoms with Gasteiger partial charge in [0, 0.05) is 19.2 Å². The van der Waals surface area contributed by atoms with Gasteiger partial charge in [-0.15, -0.1) is 0 Å². The van der Waals surface area contributed by atoms with Crippen LogP contribution >= 0.6 is 0 Å². The number of hydrogen-bond donors (Lipinski definition) is 2. The normalized spacial score (nSPS) is 10.1. The van der Waals surface area contributed by atoms with E-state index in [9.17, 15) is 18.4 Å². The maximum Gasteiger partial charge on any atom is 0.340 e. The van der Waals surface area contributed by atoms with Crippen molar-refractivity contribution < 1.29 is 28.2 Å². The minimum absolute atomic E-state index is 0.0645. The average Bonchev–Trinajstić information content (AvgIpc) is 2.46. The maximum absolute atomic E-state index is 13.6. The van der Waals surface area contributed by atoms with Gasteiger partial charge < -0.3 is 20.1 Å². The number of anilines is 1. The monoisotopic (exact) mass is 302 g/mol. The third-order valence-corrected chi connectivity index (χ3v) is 2.74. The fraction of sp³-hybridized carbons (Fsp3) is 0.385. The van der Waals surface area contributed by atoms with E-state index in [4.69, 9.17) is 5.11 Å². The summed E-state index contributed by atoms with van der Waals surface area (Å²) >= 11 is 0. The van der Waals surface area contributed by atoms with Gasteiger partial charge in [0.25, 0.3) is 0 Å². The van der Waals surface area contributed by atoms with Crippen molar-refractivity contribution >= 4 is 17.7 Å². The number of hydrogen-bond acceptors (Lipinski definition) is 4. The zero-order valence-electron chi connectivity index (χ0n) is 11.7. The quantitative estimate of drug-likeness (QED) is 0.810. The Morgan fingerprint density at radius 1 is 1.33 bits per heavy atom. The average molecular weight is 302 g/mol. The Morgan fingerprint density at radius 2 is 2.00 bits per heavy atom. The van der Waals surface area contributed by atoms with Crippen molar-refractivity contribution in [1.29, 1.82) is 0 Å². The fourth-order valence-electron chi connectivity index (χ4n) is 1.63. The molecule has 0 aromatic heterocycles. The second-order valence-electron chi connectivity index (χ2n) is 4.04. The van der Waals surface area contributed by atoms with E-state index in [-0.39, 0.29) is 18.8 Å². The highest BCUT2D eigenvalue weighted by Crippen LogP contribution is 2.20. The second-order valence-corrected chi connectivity index (χ2v) is 4.04. The molecule has 0 aliphatic carbocycles. The first-order valence-electron chi connectivity index (χ1n) is 6.18. The predicted octanol–water partition coefficient (Wildman–Crippen LogP) is 1.60. The van der Waals surface area contributed by atoms with E-state index >= 15 is 0 Å². The van der Waals surface area contributed by atoms with Crippen LogP contribution in [0, 0.1) is 11.6 Å². The number of nitrogens with zero attached hydrogens (tertiary/aromatic N) is 1. The molecule has 0 fully saturated rings. The Morgan fingerprint density at radius 3 is 2.52 bits per heavy atom. The van der Waals surface area contributed by atoms with Crippen LogP contribution < -0.4 is 5.32 Å².